The van der Waals surface area contributed by atoms with E-state index < -0.39 is 27.7 Å². The van der Waals surface area contributed by atoms with Crippen molar-refractivity contribution in [2.45, 2.75) is 24.3 Å². The molecule has 0 aliphatic rings. The monoisotopic (exact) mass is 350 g/mol. The number of fused-ring (bicyclic) bond motifs is 1. The van der Waals surface area contributed by atoms with Crippen LogP contribution in [0.1, 0.15) is 12.5 Å². The average Bonchev–Trinajstić information content (AvgIpc) is 2.92. The van der Waals surface area contributed by atoms with E-state index in [2.05, 4.69) is 9.71 Å². The quantitative estimate of drug-likeness (QED) is 0.741. The van der Waals surface area contributed by atoms with Crippen molar-refractivity contribution in [1.82, 2.24) is 9.71 Å². The molecule has 0 saturated heterocycles. The van der Waals surface area contributed by atoms with Crippen LogP contribution in [0.15, 0.2) is 53.6 Å². The maximum atomic E-state index is 13.3. The molecule has 0 bridgehead atoms. The van der Waals surface area contributed by atoms with Gasteiger partial charge in [-0.05, 0) is 43.2 Å². The molecule has 3 aromatic rings. The molecule has 7 heteroatoms. The predicted octanol–water partition coefficient (Wildman–Crippen LogP) is 3.36. The standard InChI is InChI=1S/C17H16F2N2O2S/c1-11(8-12-10-20-17-5-3-2-4-14(12)17)21-24(22,23)13-6-7-15(18)16(19)9-13/h2-7,9-11,20-21H,8H2,1H3. The van der Waals surface area contributed by atoms with Crippen LogP contribution in [-0.2, 0) is 16.4 Å². The molecule has 1 unspecified atom stereocenters. The van der Waals surface area contributed by atoms with Crippen LogP contribution in [0, 0.1) is 11.6 Å². The van der Waals surface area contributed by atoms with Gasteiger partial charge in [0.1, 0.15) is 0 Å². The molecule has 1 heterocycles. The van der Waals surface area contributed by atoms with Crippen LogP contribution in [0.25, 0.3) is 10.9 Å². The number of nitrogens with one attached hydrogen (secondary N) is 2. The maximum Gasteiger partial charge on any atom is 0.240 e. The van der Waals surface area contributed by atoms with Gasteiger partial charge in [0.2, 0.25) is 10.0 Å². The molecule has 3 rings (SSSR count). The number of halogens is 2. The molecule has 0 amide bonds. The molecular weight excluding hydrogens is 334 g/mol. The minimum Gasteiger partial charge on any atom is -0.361 e. The minimum atomic E-state index is -3.92. The lowest BCUT2D eigenvalue weighted by atomic mass is 10.1. The highest BCUT2D eigenvalue weighted by molar-refractivity contribution is 7.89. The van der Waals surface area contributed by atoms with Crippen LogP contribution in [0.3, 0.4) is 0 Å². The Morgan fingerprint density at radius 1 is 1.12 bits per heavy atom. The number of hydrogen-bond acceptors (Lipinski definition) is 2. The highest BCUT2D eigenvalue weighted by atomic mass is 32.2. The van der Waals surface area contributed by atoms with E-state index in [1.165, 1.54) is 0 Å². The molecule has 0 aliphatic heterocycles. The number of aromatic nitrogens is 1. The van der Waals surface area contributed by atoms with Crippen molar-refractivity contribution in [2.24, 2.45) is 0 Å². The third-order valence-electron chi connectivity index (χ3n) is 3.76. The molecule has 2 N–H and O–H groups in total. The van der Waals surface area contributed by atoms with E-state index in [0.717, 1.165) is 28.6 Å². The maximum absolute atomic E-state index is 13.3. The second kappa shape index (κ2) is 6.33. The zero-order valence-corrected chi connectivity index (χ0v) is 13.7. The van der Waals surface area contributed by atoms with Crippen LogP contribution in [-0.4, -0.2) is 19.4 Å². The Morgan fingerprint density at radius 2 is 1.88 bits per heavy atom. The molecule has 2 aromatic carbocycles. The summed E-state index contributed by atoms with van der Waals surface area (Å²) in [5.74, 6) is -2.28. The Kier molecular flexibility index (Phi) is 4.38. The smallest absolute Gasteiger partial charge is 0.240 e. The van der Waals surface area contributed by atoms with Crippen molar-refractivity contribution < 1.29 is 17.2 Å². The van der Waals surface area contributed by atoms with Crippen molar-refractivity contribution in [3.63, 3.8) is 0 Å². The van der Waals surface area contributed by atoms with Crippen molar-refractivity contribution >= 4 is 20.9 Å². The highest BCUT2D eigenvalue weighted by Crippen LogP contribution is 2.20. The van der Waals surface area contributed by atoms with Gasteiger partial charge in [0.15, 0.2) is 11.6 Å². The van der Waals surface area contributed by atoms with Gasteiger partial charge in [0.25, 0.3) is 0 Å². The number of rotatable bonds is 5. The third-order valence-corrected chi connectivity index (χ3v) is 5.35. The fourth-order valence-electron chi connectivity index (χ4n) is 2.65. The topological polar surface area (TPSA) is 62.0 Å². The average molecular weight is 350 g/mol. The molecule has 0 fully saturated rings. The Labute approximate surface area is 138 Å². The lowest BCUT2D eigenvalue weighted by Gasteiger charge is -2.14. The molecule has 0 saturated carbocycles. The summed E-state index contributed by atoms with van der Waals surface area (Å²) < 4.78 is 53.3. The summed E-state index contributed by atoms with van der Waals surface area (Å²) in [4.78, 5) is 2.83. The van der Waals surface area contributed by atoms with Gasteiger partial charge >= 0.3 is 0 Å². The molecule has 0 spiro atoms. The van der Waals surface area contributed by atoms with Gasteiger partial charge in [-0.2, -0.15) is 0 Å². The Balaban J connectivity index is 1.78. The molecule has 24 heavy (non-hydrogen) atoms. The third kappa shape index (κ3) is 3.32. The molecule has 0 radical (unpaired) electrons. The van der Waals surface area contributed by atoms with Crippen LogP contribution in [0.4, 0.5) is 8.78 Å². The highest BCUT2D eigenvalue weighted by Gasteiger charge is 2.20. The number of H-pyrrole nitrogens is 1. The number of benzene rings is 2. The normalized spacial score (nSPS) is 13.3. The zero-order chi connectivity index (χ0) is 17.3. The molecule has 126 valence electrons. The Morgan fingerprint density at radius 3 is 2.62 bits per heavy atom. The summed E-state index contributed by atoms with van der Waals surface area (Å²) >= 11 is 0. The van der Waals surface area contributed by atoms with Gasteiger partial charge in [-0.15, -0.1) is 0 Å². The van der Waals surface area contributed by atoms with E-state index in [1.807, 2.05) is 30.5 Å². The lowest BCUT2D eigenvalue weighted by molar-refractivity contribution is 0.503. The van der Waals surface area contributed by atoms with Gasteiger partial charge in [-0.1, -0.05) is 18.2 Å². The number of aromatic amines is 1. The van der Waals surface area contributed by atoms with Crippen LogP contribution < -0.4 is 4.72 Å². The van der Waals surface area contributed by atoms with E-state index in [9.17, 15) is 17.2 Å². The van der Waals surface area contributed by atoms with E-state index in [-0.39, 0.29) is 4.90 Å². The molecule has 0 aliphatic carbocycles. The van der Waals surface area contributed by atoms with Gasteiger partial charge in [0, 0.05) is 23.1 Å². The van der Waals surface area contributed by atoms with Crippen LogP contribution in [0.2, 0.25) is 0 Å². The largest absolute Gasteiger partial charge is 0.361 e. The summed E-state index contributed by atoms with van der Waals surface area (Å²) in [5.41, 5.74) is 1.95. The van der Waals surface area contributed by atoms with E-state index in [1.54, 1.807) is 6.92 Å². The van der Waals surface area contributed by atoms with Gasteiger partial charge < -0.3 is 4.98 Å². The number of para-hydroxylation sites is 1. The van der Waals surface area contributed by atoms with E-state index in [0.29, 0.717) is 12.5 Å². The van der Waals surface area contributed by atoms with Crippen LogP contribution >= 0.6 is 0 Å². The number of sulfonamides is 1. The van der Waals surface area contributed by atoms with Gasteiger partial charge in [-0.3, -0.25) is 0 Å². The van der Waals surface area contributed by atoms with Crippen molar-refractivity contribution in [2.75, 3.05) is 0 Å². The predicted molar refractivity (Wildman–Crippen MR) is 88.1 cm³/mol. The summed E-state index contributed by atoms with van der Waals surface area (Å²) in [7, 11) is -3.92. The van der Waals surface area contributed by atoms with Crippen molar-refractivity contribution in [3.05, 3.63) is 65.9 Å². The molecule has 1 aromatic heterocycles. The number of hydrogen-bond donors (Lipinski definition) is 2. The van der Waals surface area contributed by atoms with E-state index >= 15 is 0 Å². The zero-order valence-electron chi connectivity index (χ0n) is 12.9. The first-order valence-electron chi connectivity index (χ1n) is 7.39. The summed E-state index contributed by atoms with van der Waals surface area (Å²) in [5, 5.41) is 1.02. The Bertz CT molecular complexity index is 983. The second-order valence-electron chi connectivity index (χ2n) is 5.66. The SMILES string of the molecule is CC(Cc1c[nH]c2ccccc12)NS(=O)(=O)c1ccc(F)c(F)c1. The van der Waals surface area contributed by atoms with Crippen molar-refractivity contribution in [3.8, 4) is 0 Å². The Hall–Kier alpha value is -2.25. The lowest BCUT2D eigenvalue weighted by Crippen LogP contribution is -2.34. The van der Waals surface area contributed by atoms with Crippen LogP contribution in [0.5, 0.6) is 0 Å². The first kappa shape index (κ1) is 16.6. The summed E-state index contributed by atoms with van der Waals surface area (Å²) in [6.45, 7) is 1.72. The first-order chi connectivity index (χ1) is 11.4. The summed E-state index contributed by atoms with van der Waals surface area (Å²) in [6, 6.07) is 9.83. The molecular formula is C17H16F2N2O2S. The summed E-state index contributed by atoms with van der Waals surface area (Å²) in [6.07, 6.45) is 2.31. The fourth-order valence-corrected chi connectivity index (χ4v) is 3.90. The van der Waals surface area contributed by atoms with Gasteiger partial charge in [0.05, 0.1) is 4.90 Å². The van der Waals surface area contributed by atoms with E-state index in [4.69, 9.17) is 0 Å². The molecule has 1 atom stereocenters. The molecule has 4 nitrogen and oxygen atoms in total. The van der Waals surface area contributed by atoms with Crippen molar-refractivity contribution in [1.29, 1.82) is 0 Å². The van der Waals surface area contributed by atoms with Gasteiger partial charge in [-0.25, -0.2) is 21.9 Å². The fraction of sp³-hybridized carbons (Fsp3) is 0.176. The first-order valence-corrected chi connectivity index (χ1v) is 8.87. The minimum absolute atomic E-state index is 0.299. The second-order valence-corrected chi connectivity index (χ2v) is 7.38.